The summed E-state index contributed by atoms with van der Waals surface area (Å²) >= 11 is 1.63. The Bertz CT molecular complexity index is 1090. The van der Waals surface area contributed by atoms with Gasteiger partial charge in [0.05, 0.1) is 37.4 Å². The fourth-order valence-electron chi connectivity index (χ4n) is 4.82. The molecule has 1 saturated carbocycles. The number of nitrogens with zero attached hydrogens (tertiary/aromatic N) is 3. The molecule has 8 nitrogen and oxygen atoms in total. The molecule has 2 amide bonds. The van der Waals surface area contributed by atoms with Crippen LogP contribution >= 0.6 is 11.3 Å². The van der Waals surface area contributed by atoms with Crippen LogP contribution in [0.2, 0.25) is 0 Å². The summed E-state index contributed by atoms with van der Waals surface area (Å²) in [5.74, 6) is 1.49. The molecule has 9 heteroatoms. The highest BCUT2D eigenvalue weighted by Crippen LogP contribution is 2.38. The van der Waals surface area contributed by atoms with Gasteiger partial charge in [-0.3, -0.25) is 14.5 Å². The molecule has 35 heavy (non-hydrogen) atoms. The van der Waals surface area contributed by atoms with E-state index in [1.807, 2.05) is 35.7 Å². The lowest BCUT2D eigenvalue weighted by molar-refractivity contribution is -0.134. The number of hydrogen-bond donors (Lipinski definition) is 1. The van der Waals surface area contributed by atoms with Gasteiger partial charge in [-0.25, -0.2) is 5.01 Å². The number of benzene rings is 1. The highest BCUT2D eigenvalue weighted by molar-refractivity contribution is 7.12. The highest BCUT2D eigenvalue weighted by atomic mass is 32.1. The van der Waals surface area contributed by atoms with Gasteiger partial charge in [-0.05, 0) is 67.9 Å². The van der Waals surface area contributed by atoms with Gasteiger partial charge < -0.3 is 14.8 Å². The summed E-state index contributed by atoms with van der Waals surface area (Å²) in [6.45, 7) is 1.78. The SMILES string of the molecule is COc1ccc(C2CC(c3cccs3)=NN2C(=O)CN2CCC(C(=O)NC3CC3)CC2)cc1OC. The van der Waals surface area contributed by atoms with Gasteiger partial charge in [0.25, 0.3) is 5.91 Å². The second kappa shape index (κ2) is 10.4. The van der Waals surface area contributed by atoms with Crippen molar-refractivity contribution in [2.75, 3.05) is 33.9 Å². The van der Waals surface area contributed by atoms with Gasteiger partial charge in [0.15, 0.2) is 11.5 Å². The summed E-state index contributed by atoms with van der Waals surface area (Å²) < 4.78 is 10.9. The van der Waals surface area contributed by atoms with Crippen LogP contribution < -0.4 is 14.8 Å². The molecule has 1 aromatic carbocycles. The molecule has 1 N–H and O–H groups in total. The summed E-state index contributed by atoms with van der Waals surface area (Å²) in [5.41, 5.74) is 1.88. The number of carbonyl (C=O) groups excluding carboxylic acids is 2. The first-order valence-corrected chi connectivity index (χ1v) is 13.1. The molecule has 3 aliphatic rings. The van der Waals surface area contributed by atoms with Gasteiger partial charge in [0.1, 0.15) is 0 Å². The Morgan fingerprint density at radius 1 is 1.09 bits per heavy atom. The number of amides is 2. The molecule has 1 aromatic heterocycles. The summed E-state index contributed by atoms with van der Waals surface area (Å²) in [4.78, 5) is 29.1. The van der Waals surface area contributed by atoms with E-state index in [1.165, 1.54) is 0 Å². The molecule has 0 bridgehead atoms. The van der Waals surface area contributed by atoms with E-state index in [1.54, 1.807) is 30.6 Å². The Balaban J connectivity index is 1.28. The Kier molecular flexibility index (Phi) is 7.06. The molecule has 2 aliphatic heterocycles. The van der Waals surface area contributed by atoms with Gasteiger partial charge in [-0.15, -0.1) is 11.3 Å². The third kappa shape index (κ3) is 5.36. The Morgan fingerprint density at radius 2 is 1.86 bits per heavy atom. The maximum absolute atomic E-state index is 13.5. The van der Waals surface area contributed by atoms with Crippen LogP contribution in [0.1, 0.15) is 48.6 Å². The topological polar surface area (TPSA) is 83.5 Å². The van der Waals surface area contributed by atoms with E-state index in [-0.39, 0.29) is 23.8 Å². The third-order valence-corrected chi connectivity index (χ3v) is 7.92. The zero-order chi connectivity index (χ0) is 24.4. The third-order valence-electron chi connectivity index (χ3n) is 7.00. The van der Waals surface area contributed by atoms with Crippen LogP contribution in [-0.4, -0.2) is 67.3 Å². The van der Waals surface area contributed by atoms with Crippen molar-refractivity contribution in [1.82, 2.24) is 15.2 Å². The summed E-state index contributed by atoms with van der Waals surface area (Å²) in [5, 5.41) is 11.6. The van der Waals surface area contributed by atoms with Crippen LogP contribution in [0.15, 0.2) is 40.8 Å². The summed E-state index contributed by atoms with van der Waals surface area (Å²) in [6.07, 6.45) is 4.42. The molecular weight excluding hydrogens is 464 g/mol. The normalized spacial score (nSPS) is 21.0. The van der Waals surface area contributed by atoms with E-state index < -0.39 is 0 Å². The van der Waals surface area contributed by atoms with Crippen molar-refractivity contribution in [3.63, 3.8) is 0 Å². The lowest BCUT2D eigenvalue weighted by atomic mass is 9.96. The lowest BCUT2D eigenvalue weighted by Gasteiger charge is -2.32. The molecular formula is C26H32N4O4S. The zero-order valence-electron chi connectivity index (χ0n) is 20.2. The number of carbonyl (C=O) groups is 2. The highest BCUT2D eigenvalue weighted by Gasteiger charge is 2.36. The molecule has 2 fully saturated rings. The number of thiophene rings is 1. The second-order valence-corrected chi connectivity index (χ2v) is 10.4. The van der Waals surface area contributed by atoms with Crippen molar-refractivity contribution >= 4 is 28.9 Å². The lowest BCUT2D eigenvalue weighted by Crippen LogP contribution is -2.45. The molecule has 3 heterocycles. The molecule has 0 spiro atoms. The minimum absolute atomic E-state index is 0.0303. The molecule has 5 rings (SSSR count). The average molecular weight is 497 g/mol. The molecule has 2 aromatic rings. The van der Waals surface area contributed by atoms with Crippen LogP contribution in [0.4, 0.5) is 0 Å². The van der Waals surface area contributed by atoms with E-state index in [0.717, 1.165) is 54.9 Å². The quantitative estimate of drug-likeness (QED) is 0.605. The smallest absolute Gasteiger partial charge is 0.257 e. The van der Waals surface area contributed by atoms with Crippen molar-refractivity contribution in [1.29, 1.82) is 0 Å². The summed E-state index contributed by atoms with van der Waals surface area (Å²) in [7, 11) is 3.22. The van der Waals surface area contributed by atoms with E-state index in [0.29, 0.717) is 30.5 Å². The molecule has 0 radical (unpaired) electrons. The molecule has 1 unspecified atom stereocenters. The van der Waals surface area contributed by atoms with Crippen LogP contribution in [0.5, 0.6) is 11.5 Å². The molecule has 1 aliphatic carbocycles. The zero-order valence-corrected chi connectivity index (χ0v) is 21.1. The molecule has 186 valence electrons. The van der Waals surface area contributed by atoms with Gasteiger partial charge in [-0.2, -0.15) is 5.10 Å². The van der Waals surface area contributed by atoms with E-state index in [9.17, 15) is 9.59 Å². The van der Waals surface area contributed by atoms with Gasteiger partial charge in [0.2, 0.25) is 5.91 Å². The van der Waals surface area contributed by atoms with Crippen LogP contribution in [0.25, 0.3) is 0 Å². The first-order chi connectivity index (χ1) is 17.1. The number of likely N-dealkylation sites (tertiary alicyclic amines) is 1. The number of methoxy groups -OCH3 is 2. The van der Waals surface area contributed by atoms with E-state index >= 15 is 0 Å². The summed E-state index contributed by atoms with van der Waals surface area (Å²) in [6, 6.07) is 10.0. The maximum atomic E-state index is 13.5. The fraction of sp³-hybridized carbons (Fsp3) is 0.500. The van der Waals surface area contributed by atoms with Crippen molar-refractivity contribution in [3.05, 3.63) is 46.2 Å². The number of rotatable bonds is 8. The van der Waals surface area contributed by atoms with Gasteiger partial charge >= 0.3 is 0 Å². The van der Waals surface area contributed by atoms with Gasteiger partial charge in [-0.1, -0.05) is 12.1 Å². The minimum atomic E-state index is -0.207. The standard InChI is InChI=1S/C26H32N4O4S/c1-33-22-8-5-18(14-23(22)34-2)21-15-20(24-4-3-13-35-24)28-30(21)25(31)16-29-11-9-17(10-12-29)26(32)27-19-6-7-19/h3-5,8,13-14,17,19,21H,6-7,9-12,15-16H2,1-2H3,(H,27,32). The van der Waals surface area contributed by atoms with Crippen molar-refractivity contribution < 1.29 is 19.1 Å². The second-order valence-electron chi connectivity index (χ2n) is 9.43. The van der Waals surface area contributed by atoms with Crippen molar-refractivity contribution in [2.45, 2.75) is 44.2 Å². The van der Waals surface area contributed by atoms with Crippen LogP contribution in [-0.2, 0) is 9.59 Å². The first-order valence-electron chi connectivity index (χ1n) is 12.2. The van der Waals surface area contributed by atoms with Crippen LogP contribution in [0, 0.1) is 5.92 Å². The monoisotopic (exact) mass is 496 g/mol. The maximum Gasteiger partial charge on any atom is 0.257 e. The fourth-order valence-corrected chi connectivity index (χ4v) is 5.54. The van der Waals surface area contributed by atoms with Crippen molar-refractivity contribution in [3.8, 4) is 11.5 Å². The molecule has 1 atom stereocenters. The minimum Gasteiger partial charge on any atom is -0.493 e. The van der Waals surface area contributed by atoms with E-state index in [4.69, 9.17) is 14.6 Å². The Labute approximate surface area is 209 Å². The van der Waals surface area contributed by atoms with Crippen molar-refractivity contribution in [2.24, 2.45) is 11.0 Å². The first kappa shape index (κ1) is 23.8. The number of hydrazone groups is 1. The number of hydrogen-bond acceptors (Lipinski definition) is 7. The average Bonchev–Trinajstić information content (AvgIpc) is 3.34. The van der Waals surface area contributed by atoms with E-state index in [2.05, 4.69) is 10.2 Å². The van der Waals surface area contributed by atoms with Gasteiger partial charge in [0, 0.05) is 18.4 Å². The largest absolute Gasteiger partial charge is 0.493 e. The number of piperidine rings is 1. The van der Waals surface area contributed by atoms with Crippen LogP contribution in [0.3, 0.4) is 0 Å². The Hall–Kier alpha value is -2.91. The number of ether oxygens (including phenoxy) is 2. The number of nitrogens with one attached hydrogen (secondary N) is 1. The predicted octanol–water partition coefficient (Wildman–Crippen LogP) is 3.43. The molecule has 1 saturated heterocycles. The Morgan fingerprint density at radius 3 is 2.51 bits per heavy atom. The predicted molar refractivity (Wildman–Crippen MR) is 135 cm³/mol.